The molecule has 0 unspecified atom stereocenters. The van der Waals surface area contributed by atoms with Crippen molar-refractivity contribution in [2.75, 3.05) is 17.2 Å². The van der Waals surface area contributed by atoms with Gasteiger partial charge in [0.15, 0.2) is 0 Å². The van der Waals surface area contributed by atoms with Gasteiger partial charge in [0, 0.05) is 48.3 Å². The summed E-state index contributed by atoms with van der Waals surface area (Å²) in [5.74, 6) is -0.892. The summed E-state index contributed by atoms with van der Waals surface area (Å²) in [5, 5.41) is 29.1. The Morgan fingerprint density at radius 3 is 2.67 bits per heavy atom. The fourth-order valence-corrected chi connectivity index (χ4v) is 5.98. The predicted octanol–water partition coefficient (Wildman–Crippen LogP) is 5.86. The second-order valence-electron chi connectivity index (χ2n) is 11.1. The summed E-state index contributed by atoms with van der Waals surface area (Å²) in [5.41, 5.74) is 12.5. The molecule has 0 radical (unpaired) electrons. The number of rotatable bonds is 8. The van der Waals surface area contributed by atoms with E-state index in [0.29, 0.717) is 46.1 Å². The molecule has 230 valence electrons. The van der Waals surface area contributed by atoms with Gasteiger partial charge < -0.3 is 26.1 Å². The lowest BCUT2D eigenvalue weighted by molar-refractivity contribution is -0.134. The van der Waals surface area contributed by atoms with Gasteiger partial charge in [-0.2, -0.15) is 5.26 Å². The van der Waals surface area contributed by atoms with Gasteiger partial charge >= 0.3 is 0 Å². The van der Waals surface area contributed by atoms with Crippen LogP contribution in [0.2, 0.25) is 10.0 Å². The molecule has 0 spiro atoms. The molecule has 45 heavy (non-hydrogen) atoms. The van der Waals surface area contributed by atoms with Gasteiger partial charge in [-0.25, -0.2) is 4.39 Å². The number of hydrazine groups is 2. The van der Waals surface area contributed by atoms with Gasteiger partial charge in [0.1, 0.15) is 18.5 Å². The van der Waals surface area contributed by atoms with Crippen LogP contribution in [0.15, 0.2) is 66.6 Å². The minimum Gasteiger partial charge on any atom is -0.387 e. The topological polar surface area (TPSA) is 129 Å². The zero-order valence-corrected chi connectivity index (χ0v) is 25.8. The molecular weight excluding hydrogens is 618 g/mol. The van der Waals surface area contributed by atoms with E-state index in [9.17, 15) is 19.6 Å². The number of aliphatic hydroxyl groups excluding tert-OH is 1. The average molecular weight is 648 g/mol. The van der Waals surface area contributed by atoms with E-state index in [0.717, 1.165) is 22.4 Å². The Hall–Kier alpha value is -4.60. The maximum absolute atomic E-state index is 13.9. The van der Waals surface area contributed by atoms with Crippen molar-refractivity contribution in [2.24, 2.45) is 0 Å². The molecule has 13 heteroatoms. The molecule has 0 saturated carbocycles. The quantitative estimate of drug-likeness (QED) is 0.160. The smallest absolute Gasteiger partial charge is 0.248 e. The van der Waals surface area contributed by atoms with Crippen LogP contribution in [0, 0.1) is 17.1 Å². The van der Waals surface area contributed by atoms with Crippen LogP contribution >= 0.6 is 23.2 Å². The highest BCUT2D eigenvalue weighted by atomic mass is 35.5. The lowest BCUT2D eigenvalue weighted by atomic mass is 9.95. The summed E-state index contributed by atoms with van der Waals surface area (Å²) in [4.78, 5) is 18.5. The van der Waals surface area contributed by atoms with Crippen molar-refractivity contribution in [3.63, 3.8) is 0 Å². The third kappa shape index (κ3) is 5.93. The van der Waals surface area contributed by atoms with E-state index in [1.165, 1.54) is 24.4 Å². The standard InChI is InChI=1S/C32H29Cl2FN8O2/c1-17(2)43-15-28(40-41-43)32(22-5-3-4-18-13-42(14-24(18)22)29(45)16-44)39-21-8-23-30(38-20-6-7-27(35)25(33)9-20)19(11-36)12-37-31(23)26(34)10-21/h3-10,12,15,17,32,39-41,44H,13-14,16H2,1-2H3,(H,37,38)/t32-/m0/s1. The van der Waals surface area contributed by atoms with Gasteiger partial charge in [-0.1, -0.05) is 41.4 Å². The van der Waals surface area contributed by atoms with Crippen molar-refractivity contribution in [1.29, 1.82) is 5.26 Å². The molecule has 6 rings (SSSR count). The molecule has 10 nitrogen and oxygen atoms in total. The maximum atomic E-state index is 13.9. The van der Waals surface area contributed by atoms with E-state index >= 15 is 0 Å². The van der Waals surface area contributed by atoms with E-state index in [1.807, 2.05) is 35.5 Å². The molecule has 4 aromatic rings. The van der Waals surface area contributed by atoms with Crippen molar-refractivity contribution < 1.29 is 14.3 Å². The summed E-state index contributed by atoms with van der Waals surface area (Å²) < 4.78 is 13.9. The van der Waals surface area contributed by atoms with Gasteiger partial charge in [-0.3, -0.25) is 14.8 Å². The number of benzene rings is 3. The van der Waals surface area contributed by atoms with E-state index in [-0.39, 0.29) is 22.5 Å². The molecule has 0 fully saturated rings. The van der Waals surface area contributed by atoms with Crippen LogP contribution in [0.3, 0.4) is 0 Å². The molecular formula is C32H29Cl2FN8O2. The number of anilines is 3. The molecule has 0 aliphatic carbocycles. The number of aliphatic hydroxyl groups is 1. The first-order chi connectivity index (χ1) is 21.7. The number of halogens is 3. The number of nitrogens with one attached hydrogen (secondary N) is 4. The zero-order valence-electron chi connectivity index (χ0n) is 24.3. The van der Waals surface area contributed by atoms with Gasteiger partial charge in [-0.15, -0.1) is 5.53 Å². The highest BCUT2D eigenvalue weighted by Gasteiger charge is 2.31. The van der Waals surface area contributed by atoms with Gasteiger partial charge in [0.05, 0.1) is 38.6 Å². The Labute approximate surface area is 269 Å². The van der Waals surface area contributed by atoms with Crippen molar-refractivity contribution in [3.05, 3.63) is 105 Å². The molecule has 1 atom stereocenters. The number of fused-ring (bicyclic) bond motifs is 2. The first-order valence-corrected chi connectivity index (χ1v) is 14.9. The number of nitriles is 1. The molecule has 2 aliphatic rings. The van der Waals surface area contributed by atoms with Crippen LogP contribution in [0.5, 0.6) is 0 Å². The molecule has 3 heterocycles. The fraction of sp³-hybridized carbons (Fsp3) is 0.219. The molecule has 0 bridgehead atoms. The SMILES string of the molecule is CC(C)N1C=C([C@@H](Nc2cc(Cl)c3ncc(C#N)c(Nc4ccc(F)c(Cl)c4)c3c2)c2cccc3c2CN(C(=O)CO)C3)NN1. The van der Waals surface area contributed by atoms with Crippen LogP contribution < -0.4 is 21.6 Å². The summed E-state index contributed by atoms with van der Waals surface area (Å²) >= 11 is 12.8. The number of pyridine rings is 1. The highest BCUT2D eigenvalue weighted by molar-refractivity contribution is 6.36. The van der Waals surface area contributed by atoms with Gasteiger partial charge in [0.25, 0.3) is 0 Å². The van der Waals surface area contributed by atoms with Crippen LogP contribution in [0.1, 0.15) is 42.1 Å². The van der Waals surface area contributed by atoms with Crippen molar-refractivity contribution in [1.82, 2.24) is 25.9 Å². The number of carbonyl (C=O) groups is 1. The number of amides is 1. The second kappa shape index (κ2) is 12.4. The van der Waals surface area contributed by atoms with Crippen molar-refractivity contribution >= 4 is 57.1 Å². The zero-order chi connectivity index (χ0) is 31.8. The van der Waals surface area contributed by atoms with Gasteiger partial charge in [0.2, 0.25) is 5.91 Å². The number of nitrogens with zero attached hydrogens (tertiary/aromatic N) is 4. The van der Waals surface area contributed by atoms with Crippen LogP contribution in [0.25, 0.3) is 10.9 Å². The van der Waals surface area contributed by atoms with Crippen LogP contribution in [0.4, 0.5) is 21.5 Å². The predicted molar refractivity (Wildman–Crippen MR) is 172 cm³/mol. The molecule has 2 aliphatic heterocycles. The van der Waals surface area contributed by atoms with Crippen molar-refractivity contribution in [2.45, 2.75) is 39.0 Å². The Morgan fingerprint density at radius 1 is 1.16 bits per heavy atom. The lowest BCUT2D eigenvalue weighted by Gasteiger charge is -2.24. The van der Waals surface area contributed by atoms with Crippen molar-refractivity contribution in [3.8, 4) is 6.07 Å². The van der Waals surface area contributed by atoms with Crippen LogP contribution in [-0.2, 0) is 17.9 Å². The monoisotopic (exact) mass is 646 g/mol. The highest BCUT2D eigenvalue weighted by Crippen LogP contribution is 2.39. The molecule has 5 N–H and O–H groups in total. The first-order valence-electron chi connectivity index (χ1n) is 14.2. The lowest BCUT2D eigenvalue weighted by Crippen LogP contribution is -2.41. The summed E-state index contributed by atoms with van der Waals surface area (Å²) in [6.45, 7) is 4.33. The summed E-state index contributed by atoms with van der Waals surface area (Å²) in [6, 6.07) is 15.7. The number of carbonyl (C=O) groups excluding carboxylic acids is 1. The normalized spacial score (nSPS) is 14.7. The Morgan fingerprint density at radius 2 is 1.96 bits per heavy atom. The summed E-state index contributed by atoms with van der Waals surface area (Å²) in [7, 11) is 0. The van der Waals surface area contributed by atoms with E-state index < -0.39 is 18.5 Å². The van der Waals surface area contributed by atoms with Gasteiger partial charge in [-0.05, 0) is 60.9 Å². The Balaban J connectivity index is 1.45. The number of hydrogen-bond donors (Lipinski definition) is 5. The van der Waals surface area contributed by atoms with E-state index in [2.05, 4.69) is 46.5 Å². The number of aromatic nitrogens is 1. The van der Waals surface area contributed by atoms with Crippen LogP contribution in [-0.4, -0.2) is 38.6 Å². The molecule has 0 saturated heterocycles. The average Bonchev–Trinajstić information content (AvgIpc) is 3.70. The molecule has 3 aromatic carbocycles. The minimum atomic E-state index is -0.556. The summed E-state index contributed by atoms with van der Waals surface area (Å²) in [6.07, 6.45) is 3.42. The minimum absolute atomic E-state index is 0.0591. The Bertz CT molecular complexity index is 1890. The number of hydrogen-bond acceptors (Lipinski definition) is 9. The van der Waals surface area contributed by atoms with E-state index in [1.54, 1.807) is 11.0 Å². The molecule has 1 aromatic heterocycles. The first kappa shape index (κ1) is 30.4. The largest absolute Gasteiger partial charge is 0.387 e. The maximum Gasteiger partial charge on any atom is 0.248 e. The fourth-order valence-electron chi connectivity index (χ4n) is 5.53. The second-order valence-corrected chi connectivity index (χ2v) is 11.9. The third-order valence-electron chi connectivity index (χ3n) is 7.84. The Kier molecular flexibility index (Phi) is 8.40. The molecule has 1 amide bonds. The third-order valence-corrected chi connectivity index (χ3v) is 8.42. The van der Waals surface area contributed by atoms with E-state index in [4.69, 9.17) is 23.2 Å².